The summed E-state index contributed by atoms with van der Waals surface area (Å²) in [6, 6.07) is 6.94. The van der Waals surface area contributed by atoms with E-state index in [4.69, 9.17) is 10.2 Å². The Hall–Kier alpha value is -1.79. The second-order valence-corrected chi connectivity index (χ2v) is 3.41. The van der Waals surface area contributed by atoms with Crippen LogP contribution in [-0.4, -0.2) is 42.7 Å². The number of nitrogens with one attached hydrogen (secondary N) is 2. The van der Waals surface area contributed by atoms with Gasteiger partial charge in [-0.3, -0.25) is 5.32 Å². The molecular weight excluding hydrogens is 224 g/mol. The number of benzene rings is 1. The molecule has 4 N–H and O–H groups in total. The molecule has 1 unspecified atom stereocenters. The maximum absolute atomic E-state index is 11.0. The van der Waals surface area contributed by atoms with Gasteiger partial charge in [0.25, 0.3) is 0 Å². The van der Waals surface area contributed by atoms with Crippen LogP contribution in [0.25, 0.3) is 0 Å². The Labute approximate surface area is 99.2 Å². The molecule has 0 radical (unpaired) electrons. The van der Waals surface area contributed by atoms with Crippen LogP contribution in [0.15, 0.2) is 24.3 Å². The van der Waals surface area contributed by atoms with E-state index < -0.39 is 12.2 Å². The lowest BCUT2D eigenvalue weighted by Gasteiger charge is -2.11. The Balaban J connectivity index is 2.56. The van der Waals surface area contributed by atoms with Gasteiger partial charge in [-0.1, -0.05) is 6.07 Å². The van der Waals surface area contributed by atoms with E-state index in [0.29, 0.717) is 5.69 Å². The quantitative estimate of drug-likeness (QED) is 0.606. The number of aliphatic hydroxyl groups excluding tert-OH is 2. The van der Waals surface area contributed by atoms with Gasteiger partial charge in [-0.2, -0.15) is 0 Å². The number of rotatable bonds is 5. The molecule has 1 amide bonds. The topological polar surface area (TPSA) is 90.8 Å². The summed E-state index contributed by atoms with van der Waals surface area (Å²) in [5.41, 5.74) is 1.31. The molecule has 0 saturated carbocycles. The number of carbonyl (C=O) groups is 1. The van der Waals surface area contributed by atoms with Crippen molar-refractivity contribution in [3.05, 3.63) is 24.3 Å². The second-order valence-electron chi connectivity index (χ2n) is 3.41. The van der Waals surface area contributed by atoms with Gasteiger partial charge in [0.05, 0.1) is 19.8 Å². The van der Waals surface area contributed by atoms with Gasteiger partial charge in [0.15, 0.2) is 0 Å². The van der Waals surface area contributed by atoms with E-state index >= 15 is 0 Å². The van der Waals surface area contributed by atoms with Gasteiger partial charge in [-0.05, 0) is 18.2 Å². The van der Waals surface area contributed by atoms with Crippen molar-refractivity contribution in [3.63, 3.8) is 0 Å². The van der Waals surface area contributed by atoms with Crippen LogP contribution in [0.4, 0.5) is 16.2 Å². The van der Waals surface area contributed by atoms with Crippen LogP contribution in [0.2, 0.25) is 0 Å². The van der Waals surface area contributed by atoms with Crippen LogP contribution in [0, 0.1) is 0 Å². The third kappa shape index (κ3) is 4.71. The Bertz CT molecular complexity index is 370. The normalized spacial score (nSPS) is 11.7. The minimum Gasteiger partial charge on any atom is -0.453 e. The lowest BCUT2D eigenvalue weighted by atomic mass is 10.2. The molecule has 0 aromatic heterocycles. The average Bonchev–Trinajstić information content (AvgIpc) is 2.36. The molecule has 0 aliphatic carbocycles. The third-order valence-corrected chi connectivity index (χ3v) is 2.05. The highest BCUT2D eigenvalue weighted by Gasteiger charge is 2.03. The summed E-state index contributed by atoms with van der Waals surface area (Å²) in [5.74, 6) is 0. The molecule has 0 aliphatic heterocycles. The van der Waals surface area contributed by atoms with Crippen LogP contribution in [0.3, 0.4) is 0 Å². The minimum atomic E-state index is -0.813. The summed E-state index contributed by atoms with van der Waals surface area (Å²) in [7, 11) is 1.29. The van der Waals surface area contributed by atoms with Crippen molar-refractivity contribution in [1.29, 1.82) is 0 Å². The molecule has 1 atom stereocenters. The molecule has 0 heterocycles. The predicted molar refractivity (Wildman–Crippen MR) is 64.1 cm³/mol. The first-order valence-electron chi connectivity index (χ1n) is 5.13. The third-order valence-electron chi connectivity index (χ3n) is 2.05. The van der Waals surface area contributed by atoms with Crippen molar-refractivity contribution in [2.45, 2.75) is 6.10 Å². The van der Waals surface area contributed by atoms with Crippen LogP contribution >= 0.6 is 0 Å². The van der Waals surface area contributed by atoms with Crippen molar-refractivity contribution in [3.8, 4) is 0 Å². The fraction of sp³-hybridized carbons (Fsp3) is 0.364. The summed E-state index contributed by atoms with van der Waals surface area (Å²) in [5, 5.41) is 23.3. The van der Waals surface area contributed by atoms with E-state index in [2.05, 4.69) is 15.4 Å². The molecule has 6 heteroatoms. The van der Waals surface area contributed by atoms with E-state index in [9.17, 15) is 4.79 Å². The number of ether oxygens (including phenoxy) is 1. The van der Waals surface area contributed by atoms with Crippen LogP contribution < -0.4 is 10.6 Å². The lowest BCUT2D eigenvalue weighted by Crippen LogP contribution is -2.23. The molecule has 0 saturated heterocycles. The van der Waals surface area contributed by atoms with Gasteiger partial charge in [0, 0.05) is 17.9 Å². The first-order chi connectivity index (χ1) is 8.15. The molecule has 0 bridgehead atoms. The van der Waals surface area contributed by atoms with E-state index in [-0.39, 0.29) is 13.2 Å². The number of carbonyl (C=O) groups excluding carboxylic acids is 1. The predicted octanol–water partition coefficient (Wildman–Crippen LogP) is 0.630. The Kier molecular flexibility index (Phi) is 5.25. The molecule has 0 fully saturated rings. The van der Waals surface area contributed by atoms with Gasteiger partial charge >= 0.3 is 6.09 Å². The summed E-state index contributed by atoms with van der Waals surface area (Å²) in [4.78, 5) is 11.0. The second kappa shape index (κ2) is 6.72. The van der Waals surface area contributed by atoms with Gasteiger partial charge in [-0.25, -0.2) is 4.79 Å². The fourth-order valence-electron chi connectivity index (χ4n) is 1.18. The SMILES string of the molecule is COC(=O)Nc1cccc(NCC(O)CO)c1. The van der Waals surface area contributed by atoms with Gasteiger partial charge < -0.3 is 20.3 Å². The summed E-state index contributed by atoms with van der Waals surface area (Å²) >= 11 is 0. The Morgan fingerprint density at radius 1 is 1.47 bits per heavy atom. The molecule has 6 nitrogen and oxygen atoms in total. The van der Waals surface area contributed by atoms with E-state index in [1.165, 1.54) is 7.11 Å². The zero-order valence-electron chi connectivity index (χ0n) is 9.51. The van der Waals surface area contributed by atoms with Crippen LogP contribution in [-0.2, 0) is 4.74 Å². The van der Waals surface area contributed by atoms with Crippen molar-refractivity contribution < 1.29 is 19.7 Å². The molecule has 1 rings (SSSR count). The standard InChI is InChI=1S/C11H16N2O4/c1-17-11(16)13-9-4-2-3-8(5-9)12-6-10(15)7-14/h2-5,10,12,14-15H,6-7H2,1H3,(H,13,16). The van der Waals surface area contributed by atoms with E-state index in [1.54, 1.807) is 24.3 Å². The first kappa shape index (κ1) is 13.3. The zero-order valence-corrected chi connectivity index (χ0v) is 9.51. The van der Waals surface area contributed by atoms with Crippen molar-refractivity contribution >= 4 is 17.5 Å². The molecule has 0 aliphatic rings. The number of methoxy groups -OCH3 is 1. The number of hydrogen-bond acceptors (Lipinski definition) is 5. The highest BCUT2D eigenvalue weighted by atomic mass is 16.5. The molecule has 0 spiro atoms. The van der Waals surface area contributed by atoms with Crippen LogP contribution in [0.1, 0.15) is 0 Å². The molecule has 1 aromatic carbocycles. The average molecular weight is 240 g/mol. The van der Waals surface area contributed by atoms with Crippen molar-refractivity contribution in [2.24, 2.45) is 0 Å². The minimum absolute atomic E-state index is 0.234. The molecular formula is C11H16N2O4. The monoisotopic (exact) mass is 240 g/mol. The largest absolute Gasteiger partial charge is 0.453 e. The molecule has 94 valence electrons. The van der Waals surface area contributed by atoms with Gasteiger partial charge in [0.2, 0.25) is 0 Å². The van der Waals surface area contributed by atoms with Crippen molar-refractivity contribution in [2.75, 3.05) is 30.9 Å². The summed E-state index contributed by atoms with van der Waals surface area (Å²) in [6.45, 7) is -0.0642. The first-order valence-corrected chi connectivity index (χ1v) is 5.13. The number of aliphatic hydroxyl groups is 2. The number of hydrogen-bond donors (Lipinski definition) is 4. The number of anilines is 2. The maximum atomic E-state index is 11.0. The highest BCUT2D eigenvalue weighted by molar-refractivity contribution is 5.85. The van der Waals surface area contributed by atoms with E-state index in [0.717, 1.165) is 5.69 Å². The number of amides is 1. The lowest BCUT2D eigenvalue weighted by molar-refractivity contribution is 0.105. The maximum Gasteiger partial charge on any atom is 0.411 e. The highest BCUT2D eigenvalue weighted by Crippen LogP contribution is 2.15. The van der Waals surface area contributed by atoms with Gasteiger partial charge in [-0.15, -0.1) is 0 Å². The van der Waals surface area contributed by atoms with E-state index in [1.807, 2.05) is 0 Å². The van der Waals surface area contributed by atoms with Crippen molar-refractivity contribution in [1.82, 2.24) is 0 Å². The molecule has 1 aromatic rings. The Morgan fingerprint density at radius 2 is 2.18 bits per heavy atom. The van der Waals surface area contributed by atoms with Crippen LogP contribution in [0.5, 0.6) is 0 Å². The Morgan fingerprint density at radius 3 is 2.82 bits per heavy atom. The van der Waals surface area contributed by atoms with Gasteiger partial charge in [0.1, 0.15) is 0 Å². The smallest absolute Gasteiger partial charge is 0.411 e. The zero-order chi connectivity index (χ0) is 12.7. The summed E-state index contributed by atoms with van der Waals surface area (Å²) in [6.07, 6.45) is -1.36. The molecule has 17 heavy (non-hydrogen) atoms. The summed E-state index contributed by atoms with van der Waals surface area (Å²) < 4.78 is 4.47. The fourth-order valence-corrected chi connectivity index (χ4v) is 1.18.